The highest BCUT2D eigenvalue weighted by Gasteiger charge is 2.23. The first-order valence-corrected chi connectivity index (χ1v) is 10.4. The molecule has 0 aliphatic carbocycles. The van der Waals surface area contributed by atoms with Crippen LogP contribution in [-0.2, 0) is 0 Å². The van der Waals surface area contributed by atoms with Gasteiger partial charge in [-0.05, 0) is 29.8 Å². The first-order valence-electron chi connectivity index (χ1n) is 9.56. The van der Waals surface area contributed by atoms with Crippen molar-refractivity contribution >= 4 is 33.3 Å². The lowest BCUT2D eigenvalue weighted by molar-refractivity contribution is 0.0999. The molecule has 0 bridgehead atoms. The Morgan fingerprint density at radius 1 is 1.06 bits per heavy atom. The molecule has 152 valence electrons. The summed E-state index contributed by atoms with van der Waals surface area (Å²) in [6.07, 6.45) is 3.45. The van der Waals surface area contributed by atoms with Gasteiger partial charge in [-0.3, -0.25) is 15.1 Å². The highest BCUT2D eigenvalue weighted by atomic mass is 32.1. The van der Waals surface area contributed by atoms with Crippen molar-refractivity contribution in [2.75, 3.05) is 12.4 Å². The maximum absolute atomic E-state index is 13.2. The number of carbonyl (C=O) groups excluding carboxylic acids is 1. The lowest BCUT2D eigenvalue weighted by Crippen LogP contribution is -2.11. The summed E-state index contributed by atoms with van der Waals surface area (Å²) < 4.78 is 11.3. The minimum absolute atomic E-state index is 0.229. The smallest absolute Gasteiger partial charge is 0.293 e. The van der Waals surface area contributed by atoms with Crippen LogP contribution in [0.1, 0.15) is 10.6 Å². The maximum Gasteiger partial charge on any atom is 0.293 e. The van der Waals surface area contributed by atoms with Crippen molar-refractivity contribution in [3.8, 4) is 28.1 Å². The van der Waals surface area contributed by atoms with Gasteiger partial charge in [-0.1, -0.05) is 30.3 Å². The second-order valence-electron chi connectivity index (χ2n) is 6.77. The number of hydrogen-bond donors (Lipinski definition) is 1. The number of furan rings is 1. The molecule has 3 heterocycles. The Balaban J connectivity index is 1.53. The lowest BCUT2D eigenvalue weighted by Gasteiger charge is -2.04. The Labute approximate surface area is 182 Å². The maximum atomic E-state index is 13.2. The molecule has 0 aliphatic heterocycles. The molecule has 0 aliphatic rings. The lowest BCUT2D eigenvalue weighted by atomic mass is 10.0. The predicted molar refractivity (Wildman–Crippen MR) is 122 cm³/mol. The average molecular weight is 427 g/mol. The van der Waals surface area contributed by atoms with Gasteiger partial charge < -0.3 is 9.15 Å². The number of nitrogens with one attached hydrogen (secondary N) is 1. The van der Waals surface area contributed by atoms with E-state index < -0.39 is 0 Å². The SMILES string of the molecule is COc1ccc2c(-c3ccccc3)c(C(=O)Nc3nc(-c4cccnc4)cs3)oc2c1. The molecule has 0 fully saturated rings. The van der Waals surface area contributed by atoms with Crippen LogP contribution in [0.2, 0.25) is 0 Å². The molecular formula is C24H17N3O3S. The quantitative estimate of drug-likeness (QED) is 0.379. The topological polar surface area (TPSA) is 77.2 Å². The number of ether oxygens (including phenoxy) is 1. The Bertz CT molecular complexity index is 1360. The molecule has 1 amide bonds. The minimum atomic E-state index is -0.360. The summed E-state index contributed by atoms with van der Waals surface area (Å²) in [5.74, 6) is 0.530. The standard InChI is InChI=1S/C24H17N3O3S/c1-29-17-9-10-18-20(12-17)30-22(21(18)15-6-3-2-4-7-15)23(28)27-24-26-19(14-31-24)16-8-5-11-25-13-16/h2-14H,1H3,(H,26,27,28). The van der Waals surface area contributed by atoms with Crippen LogP contribution >= 0.6 is 11.3 Å². The molecule has 5 rings (SSSR count). The first kappa shape index (κ1) is 19.0. The van der Waals surface area contributed by atoms with Crippen LogP contribution < -0.4 is 10.1 Å². The van der Waals surface area contributed by atoms with Crippen LogP contribution in [0.5, 0.6) is 5.75 Å². The van der Waals surface area contributed by atoms with Crippen molar-refractivity contribution in [3.05, 3.63) is 84.2 Å². The van der Waals surface area contributed by atoms with Gasteiger partial charge in [0.25, 0.3) is 5.91 Å². The van der Waals surface area contributed by atoms with Gasteiger partial charge in [0.05, 0.1) is 12.8 Å². The van der Waals surface area contributed by atoms with E-state index >= 15 is 0 Å². The minimum Gasteiger partial charge on any atom is -0.497 e. The molecule has 5 aromatic rings. The number of pyridine rings is 1. The summed E-state index contributed by atoms with van der Waals surface area (Å²) in [5.41, 5.74) is 3.86. The molecule has 2 aromatic carbocycles. The Kier molecular flexibility index (Phi) is 4.93. The molecule has 7 heteroatoms. The molecule has 0 saturated carbocycles. The molecule has 0 radical (unpaired) electrons. The summed E-state index contributed by atoms with van der Waals surface area (Å²) in [7, 11) is 1.60. The molecule has 1 N–H and O–H groups in total. The zero-order chi connectivity index (χ0) is 21.2. The summed E-state index contributed by atoms with van der Waals surface area (Å²) in [5, 5.41) is 6.08. The number of fused-ring (bicyclic) bond motifs is 1. The summed E-state index contributed by atoms with van der Waals surface area (Å²) in [4.78, 5) is 21.8. The van der Waals surface area contributed by atoms with Crippen molar-refractivity contribution in [1.82, 2.24) is 9.97 Å². The molecule has 6 nitrogen and oxygen atoms in total. The number of rotatable bonds is 5. The fraction of sp³-hybridized carbons (Fsp3) is 0.0417. The summed E-state index contributed by atoms with van der Waals surface area (Å²) >= 11 is 1.35. The zero-order valence-corrected chi connectivity index (χ0v) is 17.3. The van der Waals surface area contributed by atoms with Gasteiger partial charge in [0.1, 0.15) is 11.3 Å². The van der Waals surface area contributed by atoms with Gasteiger partial charge in [-0.25, -0.2) is 4.98 Å². The molecule has 31 heavy (non-hydrogen) atoms. The fourth-order valence-electron chi connectivity index (χ4n) is 3.39. The van der Waals surface area contributed by atoms with Gasteiger partial charge in [0, 0.05) is 40.4 Å². The van der Waals surface area contributed by atoms with Crippen LogP contribution in [0.3, 0.4) is 0 Å². The van der Waals surface area contributed by atoms with E-state index in [1.54, 1.807) is 25.6 Å². The zero-order valence-electron chi connectivity index (χ0n) is 16.5. The fourth-order valence-corrected chi connectivity index (χ4v) is 4.10. The second kappa shape index (κ2) is 8.04. The average Bonchev–Trinajstić information content (AvgIpc) is 3.44. The number of benzene rings is 2. The number of nitrogens with zero attached hydrogens (tertiary/aromatic N) is 2. The number of aromatic nitrogens is 2. The predicted octanol–water partition coefficient (Wildman–Crippen LogP) is 5.88. The number of amides is 1. The number of methoxy groups -OCH3 is 1. The molecule has 0 saturated heterocycles. The van der Waals surface area contributed by atoms with E-state index in [9.17, 15) is 4.79 Å². The first-order chi connectivity index (χ1) is 15.2. The Morgan fingerprint density at radius 2 is 1.90 bits per heavy atom. The van der Waals surface area contributed by atoms with Gasteiger partial charge >= 0.3 is 0 Å². The molecule has 0 atom stereocenters. The molecule has 0 spiro atoms. The highest BCUT2D eigenvalue weighted by molar-refractivity contribution is 7.14. The number of anilines is 1. The van der Waals surface area contributed by atoms with E-state index in [1.807, 2.05) is 60.0 Å². The highest BCUT2D eigenvalue weighted by Crippen LogP contribution is 2.37. The van der Waals surface area contributed by atoms with Crippen LogP contribution in [0.25, 0.3) is 33.4 Å². The van der Waals surface area contributed by atoms with E-state index in [4.69, 9.17) is 9.15 Å². The molecule has 0 unspecified atom stereocenters. The monoisotopic (exact) mass is 427 g/mol. The summed E-state index contributed by atoms with van der Waals surface area (Å²) in [6, 6.07) is 19.0. The van der Waals surface area contributed by atoms with Gasteiger partial charge in [0.15, 0.2) is 5.13 Å². The molecule has 3 aromatic heterocycles. The van der Waals surface area contributed by atoms with E-state index in [0.717, 1.165) is 27.8 Å². The van der Waals surface area contributed by atoms with Gasteiger partial charge in [0.2, 0.25) is 5.76 Å². The van der Waals surface area contributed by atoms with Crippen molar-refractivity contribution < 1.29 is 13.9 Å². The number of thiazole rings is 1. The van der Waals surface area contributed by atoms with E-state index in [2.05, 4.69) is 15.3 Å². The third-order valence-electron chi connectivity index (χ3n) is 4.85. The van der Waals surface area contributed by atoms with E-state index in [-0.39, 0.29) is 11.7 Å². The van der Waals surface area contributed by atoms with E-state index in [0.29, 0.717) is 16.5 Å². The molecular weight excluding hydrogens is 410 g/mol. The van der Waals surface area contributed by atoms with Crippen LogP contribution in [0.4, 0.5) is 5.13 Å². The normalized spacial score (nSPS) is 10.9. The number of hydrogen-bond acceptors (Lipinski definition) is 6. The second-order valence-corrected chi connectivity index (χ2v) is 7.63. The summed E-state index contributed by atoms with van der Waals surface area (Å²) in [6.45, 7) is 0. The van der Waals surface area contributed by atoms with Crippen molar-refractivity contribution in [1.29, 1.82) is 0 Å². The van der Waals surface area contributed by atoms with Crippen molar-refractivity contribution in [2.45, 2.75) is 0 Å². The Morgan fingerprint density at radius 3 is 2.68 bits per heavy atom. The van der Waals surface area contributed by atoms with E-state index in [1.165, 1.54) is 11.3 Å². The Hall–Kier alpha value is -3.97. The van der Waals surface area contributed by atoms with Crippen LogP contribution in [0, 0.1) is 0 Å². The number of carbonyl (C=O) groups is 1. The van der Waals surface area contributed by atoms with Crippen molar-refractivity contribution in [2.24, 2.45) is 0 Å². The van der Waals surface area contributed by atoms with Gasteiger partial charge in [-0.15, -0.1) is 11.3 Å². The van der Waals surface area contributed by atoms with Gasteiger partial charge in [-0.2, -0.15) is 0 Å². The third-order valence-corrected chi connectivity index (χ3v) is 5.61. The largest absolute Gasteiger partial charge is 0.497 e. The third kappa shape index (κ3) is 3.67. The van der Waals surface area contributed by atoms with Crippen molar-refractivity contribution in [3.63, 3.8) is 0 Å². The van der Waals surface area contributed by atoms with Crippen LogP contribution in [0.15, 0.2) is 82.9 Å². The van der Waals surface area contributed by atoms with Crippen LogP contribution in [-0.4, -0.2) is 23.0 Å².